The van der Waals surface area contributed by atoms with E-state index in [1.165, 1.54) is 0 Å². The molecule has 1 amide bonds. The number of rotatable bonds is 3. The van der Waals surface area contributed by atoms with Crippen LogP contribution in [0.3, 0.4) is 0 Å². The number of ether oxygens (including phenoxy) is 1. The Kier molecular flexibility index (Phi) is 4.04. The number of hydrogen-bond donors (Lipinski definition) is 1. The van der Waals surface area contributed by atoms with E-state index in [-0.39, 0.29) is 17.3 Å². The maximum absolute atomic E-state index is 10.8. The molecular formula is C15H22BNO4. The lowest BCUT2D eigenvalue weighted by Crippen LogP contribution is -2.41. The minimum Gasteiger partial charge on any atom is -0.442 e. The van der Waals surface area contributed by atoms with Gasteiger partial charge in [-0.05, 0) is 45.6 Å². The molecule has 0 radical (unpaired) electrons. The minimum absolute atomic E-state index is 0.362. The normalized spacial score (nSPS) is 21.1. The lowest BCUT2D eigenvalue weighted by atomic mass is 9.78. The molecule has 0 spiro atoms. The number of benzene rings is 1. The number of carbonyl (C=O) groups is 1. The average Bonchev–Trinajstić information content (AvgIpc) is 2.58. The molecule has 0 bridgehead atoms. The summed E-state index contributed by atoms with van der Waals surface area (Å²) in [7, 11) is -0.392. The van der Waals surface area contributed by atoms with E-state index in [1.807, 2.05) is 52.0 Å². The van der Waals surface area contributed by atoms with Crippen LogP contribution in [0.15, 0.2) is 24.3 Å². The maximum atomic E-state index is 10.8. The zero-order valence-corrected chi connectivity index (χ0v) is 13.2. The smallest absolute Gasteiger partial charge is 0.442 e. The van der Waals surface area contributed by atoms with Crippen molar-refractivity contribution >= 4 is 18.7 Å². The third-order valence-electron chi connectivity index (χ3n) is 4.22. The number of primary amides is 1. The molecule has 0 unspecified atom stereocenters. The second-order valence-corrected chi connectivity index (χ2v) is 6.33. The predicted octanol–water partition coefficient (Wildman–Crippen LogP) is 2.14. The van der Waals surface area contributed by atoms with Gasteiger partial charge in [0, 0.05) is 0 Å². The number of carbonyl (C=O) groups excluding carboxylic acids is 1. The highest BCUT2D eigenvalue weighted by Gasteiger charge is 2.51. The summed E-state index contributed by atoms with van der Waals surface area (Å²) in [6, 6.07) is 7.60. The zero-order chi connectivity index (χ0) is 15.8. The Hall–Kier alpha value is -1.53. The fourth-order valence-electron chi connectivity index (χ4n) is 2.15. The highest BCUT2D eigenvalue weighted by atomic mass is 16.7. The quantitative estimate of drug-likeness (QED) is 0.866. The molecule has 1 heterocycles. The van der Waals surface area contributed by atoms with Gasteiger partial charge >= 0.3 is 13.2 Å². The van der Waals surface area contributed by atoms with Crippen LogP contribution in [-0.4, -0.2) is 24.4 Å². The van der Waals surface area contributed by atoms with E-state index in [9.17, 15) is 4.79 Å². The summed E-state index contributed by atoms with van der Waals surface area (Å²) in [4.78, 5) is 10.8. The van der Waals surface area contributed by atoms with Crippen LogP contribution in [0.1, 0.15) is 46.3 Å². The van der Waals surface area contributed by atoms with Gasteiger partial charge in [-0.3, -0.25) is 0 Å². The van der Waals surface area contributed by atoms with Gasteiger partial charge in [-0.15, -0.1) is 0 Å². The molecule has 1 aliphatic rings. The molecule has 1 aromatic carbocycles. The van der Waals surface area contributed by atoms with Crippen LogP contribution in [0.2, 0.25) is 0 Å². The van der Waals surface area contributed by atoms with Gasteiger partial charge in [0.1, 0.15) is 6.10 Å². The van der Waals surface area contributed by atoms with Gasteiger partial charge < -0.3 is 19.8 Å². The van der Waals surface area contributed by atoms with Crippen LogP contribution in [0.4, 0.5) is 4.79 Å². The van der Waals surface area contributed by atoms with Gasteiger partial charge in [0.2, 0.25) is 0 Å². The number of hydrogen-bond acceptors (Lipinski definition) is 4. The van der Waals surface area contributed by atoms with E-state index in [4.69, 9.17) is 19.8 Å². The molecule has 1 atom stereocenters. The highest BCUT2D eigenvalue weighted by Crippen LogP contribution is 2.36. The molecule has 2 N–H and O–H groups in total. The standard InChI is InChI=1S/C15H22BNO4/c1-10(19-13(17)18)11-6-8-12(9-7-11)16-20-14(2,3)15(4,5)21-16/h6-10H,1-5H3,(H2,17,18)/t10-/m0/s1. The van der Waals surface area contributed by atoms with Crippen molar-refractivity contribution in [2.45, 2.75) is 51.9 Å². The Morgan fingerprint density at radius 1 is 1.14 bits per heavy atom. The van der Waals surface area contributed by atoms with Crippen molar-refractivity contribution in [3.05, 3.63) is 29.8 Å². The summed E-state index contributed by atoms with van der Waals surface area (Å²) in [5.41, 5.74) is 6.10. The Morgan fingerprint density at radius 3 is 2.05 bits per heavy atom. The summed E-state index contributed by atoms with van der Waals surface area (Å²) in [6.45, 7) is 9.84. The van der Waals surface area contributed by atoms with Crippen molar-refractivity contribution in [1.82, 2.24) is 0 Å². The van der Waals surface area contributed by atoms with Crippen LogP contribution < -0.4 is 11.2 Å². The van der Waals surface area contributed by atoms with Crippen LogP contribution in [0, 0.1) is 0 Å². The molecule has 114 valence electrons. The Bertz CT molecular complexity index is 511. The average molecular weight is 291 g/mol. The fourth-order valence-corrected chi connectivity index (χ4v) is 2.15. The topological polar surface area (TPSA) is 70.8 Å². The molecule has 1 aromatic rings. The second-order valence-electron chi connectivity index (χ2n) is 6.33. The van der Waals surface area contributed by atoms with Gasteiger partial charge in [-0.2, -0.15) is 0 Å². The van der Waals surface area contributed by atoms with E-state index < -0.39 is 13.2 Å². The fraction of sp³-hybridized carbons (Fsp3) is 0.533. The van der Waals surface area contributed by atoms with Gasteiger partial charge in [0.25, 0.3) is 0 Å². The van der Waals surface area contributed by atoms with Crippen LogP contribution in [0.5, 0.6) is 0 Å². The SMILES string of the molecule is C[C@H](OC(N)=O)c1ccc(B2OC(C)(C)C(C)(C)O2)cc1. The van der Waals surface area contributed by atoms with E-state index in [2.05, 4.69) is 0 Å². The molecule has 21 heavy (non-hydrogen) atoms. The third kappa shape index (κ3) is 3.22. The van der Waals surface area contributed by atoms with Crippen LogP contribution >= 0.6 is 0 Å². The van der Waals surface area contributed by atoms with Crippen molar-refractivity contribution in [2.24, 2.45) is 5.73 Å². The Morgan fingerprint density at radius 2 is 1.62 bits per heavy atom. The maximum Gasteiger partial charge on any atom is 0.494 e. The van der Waals surface area contributed by atoms with Crippen LogP contribution in [0.25, 0.3) is 0 Å². The minimum atomic E-state index is -0.780. The van der Waals surface area contributed by atoms with E-state index in [1.54, 1.807) is 6.92 Å². The summed E-state index contributed by atoms with van der Waals surface area (Å²) in [5, 5.41) is 0. The summed E-state index contributed by atoms with van der Waals surface area (Å²) in [6.07, 6.45) is -1.16. The predicted molar refractivity (Wildman–Crippen MR) is 81.2 cm³/mol. The molecule has 2 rings (SSSR count). The van der Waals surface area contributed by atoms with Gasteiger partial charge in [-0.25, -0.2) is 4.79 Å². The van der Waals surface area contributed by atoms with E-state index >= 15 is 0 Å². The molecule has 1 saturated heterocycles. The first-order valence-electron chi connectivity index (χ1n) is 7.04. The van der Waals surface area contributed by atoms with Crippen molar-refractivity contribution in [3.63, 3.8) is 0 Å². The van der Waals surface area contributed by atoms with Crippen molar-refractivity contribution < 1.29 is 18.8 Å². The van der Waals surface area contributed by atoms with E-state index in [0.717, 1.165) is 11.0 Å². The first-order valence-corrected chi connectivity index (χ1v) is 7.04. The molecule has 0 saturated carbocycles. The molecule has 5 nitrogen and oxygen atoms in total. The van der Waals surface area contributed by atoms with Gasteiger partial charge in [-0.1, -0.05) is 24.3 Å². The first-order chi connectivity index (χ1) is 9.62. The molecule has 0 aliphatic carbocycles. The summed E-state index contributed by atoms with van der Waals surface area (Å²) in [5.74, 6) is 0. The van der Waals surface area contributed by atoms with Gasteiger partial charge in [0.05, 0.1) is 11.2 Å². The molecular weight excluding hydrogens is 269 g/mol. The highest BCUT2D eigenvalue weighted by molar-refractivity contribution is 6.62. The molecule has 0 aromatic heterocycles. The lowest BCUT2D eigenvalue weighted by molar-refractivity contribution is 0.00578. The lowest BCUT2D eigenvalue weighted by Gasteiger charge is -2.32. The number of nitrogens with two attached hydrogens (primary N) is 1. The first kappa shape index (κ1) is 15.9. The second kappa shape index (κ2) is 5.35. The summed E-state index contributed by atoms with van der Waals surface area (Å²) >= 11 is 0. The summed E-state index contributed by atoms with van der Waals surface area (Å²) < 4.78 is 16.9. The Labute approximate surface area is 125 Å². The van der Waals surface area contributed by atoms with Crippen molar-refractivity contribution in [3.8, 4) is 0 Å². The molecule has 1 fully saturated rings. The Balaban J connectivity index is 2.12. The van der Waals surface area contributed by atoms with E-state index in [0.29, 0.717) is 0 Å². The van der Waals surface area contributed by atoms with Crippen LogP contribution in [-0.2, 0) is 14.0 Å². The van der Waals surface area contributed by atoms with Gasteiger partial charge in [0.15, 0.2) is 0 Å². The zero-order valence-electron chi connectivity index (χ0n) is 13.2. The van der Waals surface area contributed by atoms with Crippen molar-refractivity contribution in [1.29, 1.82) is 0 Å². The molecule has 6 heteroatoms. The largest absolute Gasteiger partial charge is 0.494 e. The number of amides is 1. The monoisotopic (exact) mass is 291 g/mol. The van der Waals surface area contributed by atoms with Crippen molar-refractivity contribution in [2.75, 3.05) is 0 Å². The third-order valence-corrected chi connectivity index (χ3v) is 4.22. The molecule has 1 aliphatic heterocycles.